The highest BCUT2D eigenvalue weighted by Crippen LogP contribution is 2.17. The van der Waals surface area contributed by atoms with E-state index in [1.807, 2.05) is 0 Å². The van der Waals surface area contributed by atoms with E-state index in [-0.39, 0.29) is 25.4 Å². The van der Waals surface area contributed by atoms with E-state index in [1.54, 1.807) is 13.8 Å². The number of nitrogens with zero attached hydrogens (tertiary/aromatic N) is 1. The maximum absolute atomic E-state index is 12.1. The Morgan fingerprint density at radius 1 is 1.40 bits per heavy atom. The summed E-state index contributed by atoms with van der Waals surface area (Å²) in [4.78, 5) is 12.1. The van der Waals surface area contributed by atoms with Crippen LogP contribution in [0, 0.1) is 5.92 Å². The summed E-state index contributed by atoms with van der Waals surface area (Å²) < 4.78 is 36.4. The highest BCUT2D eigenvalue weighted by atomic mass is 19.4. The van der Waals surface area contributed by atoms with E-state index in [1.165, 1.54) is 0 Å². The molecule has 3 nitrogen and oxygen atoms in total. The van der Waals surface area contributed by atoms with E-state index < -0.39 is 18.6 Å². The first kappa shape index (κ1) is 14.2. The molecule has 0 saturated carbocycles. The lowest BCUT2D eigenvalue weighted by Gasteiger charge is -2.25. The first-order chi connectivity index (χ1) is 6.76. The Bertz CT molecular complexity index is 204. The predicted octanol–water partition coefficient (Wildman–Crippen LogP) is 1.38. The second-order valence-corrected chi connectivity index (χ2v) is 3.82. The number of hydrogen-bond acceptors (Lipinski definition) is 2. The van der Waals surface area contributed by atoms with Gasteiger partial charge in [-0.1, -0.05) is 13.8 Å². The average Bonchev–Trinajstić information content (AvgIpc) is 1.99. The minimum absolute atomic E-state index is 0.00840. The standard InChI is InChI=1S/C9H17F3N2O/c1-7(2)5-14(6-9(10,11)12)8(15)3-4-13/h7H,3-6,13H2,1-2H3. The van der Waals surface area contributed by atoms with Gasteiger partial charge in [0.15, 0.2) is 0 Å². The molecule has 15 heavy (non-hydrogen) atoms. The van der Waals surface area contributed by atoms with Crippen LogP contribution in [0.2, 0.25) is 0 Å². The van der Waals surface area contributed by atoms with E-state index in [9.17, 15) is 18.0 Å². The van der Waals surface area contributed by atoms with Gasteiger partial charge in [-0.05, 0) is 5.92 Å². The van der Waals surface area contributed by atoms with Crippen LogP contribution >= 0.6 is 0 Å². The van der Waals surface area contributed by atoms with Gasteiger partial charge >= 0.3 is 6.18 Å². The smallest absolute Gasteiger partial charge is 0.333 e. The summed E-state index contributed by atoms with van der Waals surface area (Å²) in [5.74, 6) is -0.530. The number of nitrogens with two attached hydrogens (primary N) is 1. The molecule has 1 amide bonds. The van der Waals surface area contributed by atoms with Gasteiger partial charge in [0.25, 0.3) is 0 Å². The number of alkyl halides is 3. The van der Waals surface area contributed by atoms with Gasteiger partial charge in [0.1, 0.15) is 6.54 Å². The van der Waals surface area contributed by atoms with Crippen LogP contribution in [-0.2, 0) is 4.79 Å². The number of rotatable bonds is 5. The Kier molecular flexibility index (Phi) is 5.64. The van der Waals surface area contributed by atoms with E-state index >= 15 is 0 Å². The molecule has 0 aromatic carbocycles. The van der Waals surface area contributed by atoms with Gasteiger partial charge in [-0.3, -0.25) is 4.79 Å². The van der Waals surface area contributed by atoms with Crippen molar-refractivity contribution >= 4 is 5.91 Å². The molecule has 0 aromatic rings. The van der Waals surface area contributed by atoms with Gasteiger partial charge in [0.05, 0.1) is 0 Å². The van der Waals surface area contributed by atoms with Crippen molar-refractivity contribution in [2.45, 2.75) is 26.4 Å². The van der Waals surface area contributed by atoms with E-state index in [2.05, 4.69) is 0 Å². The molecule has 0 fully saturated rings. The Morgan fingerprint density at radius 3 is 2.27 bits per heavy atom. The van der Waals surface area contributed by atoms with Crippen molar-refractivity contribution in [2.24, 2.45) is 11.7 Å². The molecule has 0 spiro atoms. The summed E-state index contributed by atoms with van der Waals surface area (Å²) in [6.45, 7) is 2.52. The van der Waals surface area contributed by atoms with Crippen LogP contribution in [0.3, 0.4) is 0 Å². The zero-order chi connectivity index (χ0) is 12.1. The molecular weight excluding hydrogens is 209 g/mol. The Morgan fingerprint density at radius 2 is 1.93 bits per heavy atom. The molecule has 90 valence electrons. The number of amides is 1. The predicted molar refractivity (Wildman–Crippen MR) is 51.1 cm³/mol. The largest absolute Gasteiger partial charge is 0.406 e. The van der Waals surface area contributed by atoms with Crippen LogP contribution in [0.1, 0.15) is 20.3 Å². The first-order valence-electron chi connectivity index (χ1n) is 4.81. The van der Waals surface area contributed by atoms with E-state index in [4.69, 9.17) is 5.73 Å². The lowest BCUT2D eigenvalue weighted by Crippen LogP contribution is -2.41. The molecular formula is C9H17F3N2O. The molecule has 0 bridgehead atoms. The lowest BCUT2D eigenvalue weighted by molar-refractivity contribution is -0.162. The van der Waals surface area contributed by atoms with Gasteiger partial charge in [0.2, 0.25) is 5.91 Å². The topological polar surface area (TPSA) is 46.3 Å². The van der Waals surface area contributed by atoms with Crippen molar-refractivity contribution in [1.82, 2.24) is 4.90 Å². The molecule has 6 heteroatoms. The van der Waals surface area contributed by atoms with Gasteiger partial charge in [-0.2, -0.15) is 13.2 Å². The fourth-order valence-electron chi connectivity index (χ4n) is 1.19. The van der Waals surface area contributed by atoms with Crippen LogP contribution in [-0.4, -0.2) is 36.6 Å². The maximum atomic E-state index is 12.1. The van der Waals surface area contributed by atoms with Crippen molar-refractivity contribution in [2.75, 3.05) is 19.6 Å². The summed E-state index contributed by atoms with van der Waals surface area (Å²) >= 11 is 0. The molecule has 0 atom stereocenters. The van der Waals surface area contributed by atoms with Crippen LogP contribution in [0.4, 0.5) is 13.2 Å². The van der Waals surface area contributed by atoms with Crippen molar-refractivity contribution in [3.05, 3.63) is 0 Å². The van der Waals surface area contributed by atoms with Crippen LogP contribution in [0.5, 0.6) is 0 Å². The second kappa shape index (κ2) is 5.95. The summed E-state index contributed by atoms with van der Waals surface area (Å²) in [7, 11) is 0. The third-order valence-electron chi connectivity index (χ3n) is 1.67. The molecule has 0 aliphatic rings. The number of hydrogen-bond donors (Lipinski definition) is 1. The van der Waals surface area contributed by atoms with Crippen molar-refractivity contribution in [3.63, 3.8) is 0 Å². The quantitative estimate of drug-likeness (QED) is 0.769. The summed E-state index contributed by atoms with van der Waals surface area (Å²) in [5.41, 5.74) is 5.13. The molecule has 0 aliphatic heterocycles. The fraction of sp³-hybridized carbons (Fsp3) is 0.889. The zero-order valence-corrected chi connectivity index (χ0v) is 8.97. The third kappa shape index (κ3) is 7.18. The Hall–Kier alpha value is -0.780. The SMILES string of the molecule is CC(C)CN(CC(F)(F)F)C(=O)CCN. The molecule has 0 saturated heterocycles. The molecule has 0 aliphatic carbocycles. The molecule has 0 radical (unpaired) electrons. The molecule has 0 heterocycles. The van der Waals surface area contributed by atoms with Gasteiger partial charge in [0, 0.05) is 19.5 Å². The van der Waals surface area contributed by atoms with Gasteiger partial charge in [-0.25, -0.2) is 0 Å². The maximum Gasteiger partial charge on any atom is 0.406 e. The highest BCUT2D eigenvalue weighted by molar-refractivity contribution is 5.76. The van der Waals surface area contributed by atoms with Crippen molar-refractivity contribution in [1.29, 1.82) is 0 Å². The summed E-state index contributed by atoms with van der Waals surface area (Å²) in [6, 6.07) is 0. The van der Waals surface area contributed by atoms with Gasteiger partial charge < -0.3 is 10.6 Å². The minimum Gasteiger partial charge on any atom is -0.333 e. The fourth-order valence-corrected chi connectivity index (χ4v) is 1.19. The van der Waals surface area contributed by atoms with Crippen LogP contribution < -0.4 is 5.73 Å². The number of carbonyl (C=O) groups is 1. The third-order valence-corrected chi connectivity index (χ3v) is 1.67. The molecule has 0 unspecified atom stereocenters. The van der Waals surface area contributed by atoms with Crippen LogP contribution in [0.25, 0.3) is 0 Å². The normalized spacial score (nSPS) is 11.9. The van der Waals surface area contributed by atoms with E-state index in [0.29, 0.717) is 0 Å². The first-order valence-corrected chi connectivity index (χ1v) is 4.81. The van der Waals surface area contributed by atoms with E-state index in [0.717, 1.165) is 4.90 Å². The molecule has 2 N–H and O–H groups in total. The molecule has 0 rings (SSSR count). The Balaban J connectivity index is 4.37. The zero-order valence-electron chi connectivity index (χ0n) is 8.97. The van der Waals surface area contributed by atoms with Crippen LogP contribution in [0.15, 0.2) is 0 Å². The van der Waals surface area contributed by atoms with Crippen molar-refractivity contribution in [3.8, 4) is 0 Å². The Labute approximate surface area is 87.4 Å². The van der Waals surface area contributed by atoms with Gasteiger partial charge in [-0.15, -0.1) is 0 Å². The highest BCUT2D eigenvalue weighted by Gasteiger charge is 2.32. The average molecular weight is 226 g/mol. The summed E-state index contributed by atoms with van der Waals surface area (Å²) in [6.07, 6.45) is -4.39. The number of carbonyl (C=O) groups excluding carboxylic acids is 1. The monoisotopic (exact) mass is 226 g/mol. The number of halogens is 3. The minimum atomic E-state index is -4.35. The summed E-state index contributed by atoms with van der Waals surface area (Å²) in [5, 5.41) is 0. The lowest BCUT2D eigenvalue weighted by atomic mass is 10.2. The second-order valence-electron chi connectivity index (χ2n) is 3.82. The molecule has 0 aromatic heterocycles. The van der Waals surface area contributed by atoms with Crippen molar-refractivity contribution < 1.29 is 18.0 Å².